The molecule has 94 valence electrons. The van der Waals surface area contributed by atoms with E-state index in [1.165, 1.54) is 4.88 Å². The highest BCUT2D eigenvalue weighted by atomic mass is 32.2. The second-order valence-corrected chi connectivity index (χ2v) is 5.85. The van der Waals surface area contributed by atoms with E-state index in [1.807, 2.05) is 18.4 Å². The summed E-state index contributed by atoms with van der Waals surface area (Å²) in [6.07, 6.45) is 2.75. The molecule has 0 aliphatic heterocycles. The Hall–Kier alpha value is -0.780. The number of hydrogen-bond donors (Lipinski definition) is 2. The SMILES string of the molecule is CC(CO)CSCc1cc(C=CC(=O)O)cs1. The molecule has 0 saturated carbocycles. The van der Waals surface area contributed by atoms with Gasteiger partial charge in [-0.15, -0.1) is 11.3 Å². The summed E-state index contributed by atoms with van der Waals surface area (Å²) >= 11 is 3.42. The number of carboxylic acid groups (broad SMARTS) is 1. The van der Waals surface area contributed by atoms with Crippen molar-refractivity contribution in [2.45, 2.75) is 12.7 Å². The van der Waals surface area contributed by atoms with Gasteiger partial charge < -0.3 is 10.2 Å². The molecule has 0 fully saturated rings. The molecule has 2 N–H and O–H groups in total. The van der Waals surface area contributed by atoms with Gasteiger partial charge in [-0.3, -0.25) is 0 Å². The van der Waals surface area contributed by atoms with Crippen molar-refractivity contribution >= 4 is 35.1 Å². The smallest absolute Gasteiger partial charge is 0.328 e. The largest absolute Gasteiger partial charge is 0.478 e. The minimum Gasteiger partial charge on any atom is -0.478 e. The highest BCUT2D eigenvalue weighted by Gasteiger charge is 2.02. The zero-order chi connectivity index (χ0) is 12.7. The molecule has 3 nitrogen and oxygen atoms in total. The number of carbonyl (C=O) groups is 1. The molecule has 0 aliphatic rings. The first-order chi connectivity index (χ1) is 8.11. The maximum Gasteiger partial charge on any atom is 0.328 e. The highest BCUT2D eigenvalue weighted by Crippen LogP contribution is 2.22. The van der Waals surface area contributed by atoms with Crippen LogP contribution in [0.4, 0.5) is 0 Å². The average molecular weight is 272 g/mol. The summed E-state index contributed by atoms with van der Waals surface area (Å²) in [6, 6.07) is 2.00. The third-order valence-corrected chi connectivity index (χ3v) is 4.51. The average Bonchev–Trinajstić information content (AvgIpc) is 2.74. The second kappa shape index (κ2) is 7.53. The number of hydrogen-bond acceptors (Lipinski definition) is 4. The quantitative estimate of drug-likeness (QED) is 0.749. The molecule has 0 aliphatic carbocycles. The van der Waals surface area contributed by atoms with E-state index in [2.05, 4.69) is 0 Å². The predicted molar refractivity (Wildman–Crippen MR) is 73.4 cm³/mol. The topological polar surface area (TPSA) is 57.5 Å². The van der Waals surface area contributed by atoms with Crippen molar-refractivity contribution in [2.24, 2.45) is 5.92 Å². The van der Waals surface area contributed by atoms with Gasteiger partial charge in [0.25, 0.3) is 0 Å². The third-order valence-electron chi connectivity index (χ3n) is 2.05. The number of rotatable bonds is 7. The number of thiophene rings is 1. The minimum atomic E-state index is -0.927. The fourth-order valence-electron chi connectivity index (χ4n) is 1.14. The normalized spacial score (nSPS) is 13.1. The van der Waals surface area contributed by atoms with Crippen LogP contribution in [0.3, 0.4) is 0 Å². The number of thioether (sulfide) groups is 1. The zero-order valence-corrected chi connectivity index (χ0v) is 11.3. The Morgan fingerprint density at radius 1 is 1.65 bits per heavy atom. The van der Waals surface area contributed by atoms with Crippen LogP contribution in [0, 0.1) is 5.92 Å². The lowest BCUT2D eigenvalue weighted by molar-refractivity contribution is -0.131. The molecule has 0 amide bonds. The van der Waals surface area contributed by atoms with Crippen molar-refractivity contribution in [3.63, 3.8) is 0 Å². The summed E-state index contributed by atoms with van der Waals surface area (Å²) in [6.45, 7) is 2.24. The van der Waals surface area contributed by atoms with E-state index in [4.69, 9.17) is 10.2 Å². The maximum atomic E-state index is 10.3. The molecular formula is C12H16O3S2. The van der Waals surface area contributed by atoms with Gasteiger partial charge in [0.15, 0.2) is 0 Å². The standard InChI is InChI=1S/C12H16O3S2/c1-9(5-13)6-16-8-11-4-10(7-17-11)2-3-12(14)15/h2-4,7,9,13H,5-6,8H2,1H3,(H,14,15). The molecule has 0 bridgehead atoms. The molecule has 1 aromatic heterocycles. The highest BCUT2D eigenvalue weighted by molar-refractivity contribution is 7.98. The number of aliphatic carboxylic acids is 1. The fourth-order valence-corrected chi connectivity index (χ4v) is 3.21. The molecule has 17 heavy (non-hydrogen) atoms. The van der Waals surface area contributed by atoms with E-state index in [1.54, 1.807) is 29.2 Å². The van der Waals surface area contributed by atoms with Gasteiger partial charge in [0.2, 0.25) is 0 Å². The predicted octanol–water partition coefficient (Wildman–Crippen LogP) is 2.71. The minimum absolute atomic E-state index is 0.226. The molecule has 1 unspecified atom stereocenters. The van der Waals surface area contributed by atoms with E-state index in [9.17, 15) is 4.79 Å². The van der Waals surface area contributed by atoms with Crippen LogP contribution in [0.1, 0.15) is 17.4 Å². The van der Waals surface area contributed by atoms with Gasteiger partial charge in [0, 0.05) is 23.3 Å². The van der Waals surface area contributed by atoms with E-state index < -0.39 is 5.97 Å². The molecule has 0 aromatic carbocycles. The molecule has 0 spiro atoms. The monoisotopic (exact) mass is 272 g/mol. The van der Waals surface area contributed by atoms with Crippen LogP contribution in [-0.2, 0) is 10.5 Å². The van der Waals surface area contributed by atoms with E-state index in [-0.39, 0.29) is 6.61 Å². The second-order valence-electron chi connectivity index (χ2n) is 3.82. The van der Waals surface area contributed by atoms with Crippen molar-refractivity contribution < 1.29 is 15.0 Å². The molecule has 1 atom stereocenters. The number of carboxylic acids is 1. The van der Waals surface area contributed by atoms with E-state index in [0.29, 0.717) is 5.92 Å². The summed E-state index contributed by atoms with van der Waals surface area (Å²) < 4.78 is 0. The first-order valence-electron chi connectivity index (χ1n) is 5.29. The third kappa shape index (κ3) is 5.91. The molecule has 1 heterocycles. The first-order valence-corrected chi connectivity index (χ1v) is 7.32. The Morgan fingerprint density at radius 2 is 2.41 bits per heavy atom. The Labute approximate surface area is 109 Å². The Bertz CT molecular complexity index is 385. The van der Waals surface area contributed by atoms with Crippen LogP contribution in [-0.4, -0.2) is 28.5 Å². The summed E-state index contributed by atoms with van der Waals surface area (Å²) in [4.78, 5) is 11.6. The van der Waals surface area contributed by atoms with Crippen molar-refractivity contribution in [3.8, 4) is 0 Å². The summed E-state index contributed by atoms with van der Waals surface area (Å²) in [7, 11) is 0. The lowest BCUT2D eigenvalue weighted by Crippen LogP contribution is -2.03. The van der Waals surface area contributed by atoms with E-state index >= 15 is 0 Å². The van der Waals surface area contributed by atoms with Crippen molar-refractivity contribution in [2.75, 3.05) is 12.4 Å². The van der Waals surface area contributed by atoms with Crippen molar-refractivity contribution in [1.82, 2.24) is 0 Å². The van der Waals surface area contributed by atoms with Crippen molar-refractivity contribution in [1.29, 1.82) is 0 Å². The molecule has 1 aromatic rings. The lowest BCUT2D eigenvalue weighted by atomic mass is 10.2. The summed E-state index contributed by atoms with van der Waals surface area (Å²) in [5, 5.41) is 19.3. The van der Waals surface area contributed by atoms with E-state index in [0.717, 1.165) is 23.1 Å². The van der Waals surface area contributed by atoms with Gasteiger partial charge in [0.1, 0.15) is 0 Å². The zero-order valence-electron chi connectivity index (χ0n) is 9.63. The summed E-state index contributed by atoms with van der Waals surface area (Å²) in [5.41, 5.74) is 0.934. The van der Waals surface area contributed by atoms with Crippen molar-refractivity contribution in [3.05, 3.63) is 28.0 Å². The van der Waals surface area contributed by atoms with Gasteiger partial charge in [-0.2, -0.15) is 11.8 Å². The fraction of sp³-hybridized carbons (Fsp3) is 0.417. The molecular weight excluding hydrogens is 256 g/mol. The van der Waals surface area contributed by atoms with Gasteiger partial charge in [0.05, 0.1) is 0 Å². The Morgan fingerprint density at radius 3 is 3.06 bits per heavy atom. The number of aliphatic hydroxyl groups is 1. The van der Waals surface area contributed by atoms with Crippen LogP contribution in [0.5, 0.6) is 0 Å². The van der Waals surface area contributed by atoms with Crippen LogP contribution >= 0.6 is 23.1 Å². The van der Waals surface area contributed by atoms with Gasteiger partial charge in [-0.1, -0.05) is 6.92 Å². The molecule has 5 heteroatoms. The van der Waals surface area contributed by atoms with Crippen LogP contribution in [0.15, 0.2) is 17.5 Å². The van der Waals surface area contributed by atoms with Gasteiger partial charge in [-0.25, -0.2) is 4.79 Å². The maximum absolute atomic E-state index is 10.3. The number of aliphatic hydroxyl groups excluding tert-OH is 1. The van der Waals surface area contributed by atoms with Gasteiger partial charge >= 0.3 is 5.97 Å². The molecule has 0 saturated heterocycles. The summed E-state index contributed by atoms with van der Waals surface area (Å²) in [5.74, 6) is 1.25. The van der Waals surface area contributed by atoms with Crippen LogP contribution in [0.25, 0.3) is 6.08 Å². The molecule has 1 rings (SSSR count). The Kier molecular flexibility index (Phi) is 6.32. The Balaban J connectivity index is 2.38. The lowest BCUT2D eigenvalue weighted by Gasteiger charge is -2.05. The van der Waals surface area contributed by atoms with Gasteiger partial charge in [-0.05, 0) is 34.8 Å². The molecule has 0 radical (unpaired) electrons. The van der Waals surface area contributed by atoms with Crippen LogP contribution in [0.2, 0.25) is 0 Å². The van der Waals surface area contributed by atoms with Crippen LogP contribution < -0.4 is 0 Å². The first kappa shape index (κ1) is 14.3.